The van der Waals surface area contributed by atoms with Gasteiger partial charge in [0.15, 0.2) is 0 Å². The number of hydrogen-bond donors (Lipinski definition) is 1. The van der Waals surface area contributed by atoms with Gasteiger partial charge in [-0.1, -0.05) is 30.4 Å². The summed E-state index contributed by atoms with van der Waals surface area (Å²) >= 11 is 5.17. The molecule has 0 atom stereocenters. The van der Waals surface area contributed by atoms with Gasteiger partial charge in [0.1, 0.15) is 17.1 Å². The van der Waals surface area contributed by atoms with Crippen molar-refractivity contribution in [1.29, 1.82) is 0 Å². The number of imidazole rings is 1. The van der Waals surface area contributed by atoms with Gasteiger partial charge in [-0.2, -0.15) is 0 Å². The smallest absolute Gasteiger partial charge is 0.149 e. The van der Waals surface area contributed by atoms with Crippen molar-refractivity contribution in [3.8, 4) is 5.82 Å². The molecule has 3 aromatic rings. The van der Waals surface area contributed by atoms with Crippen molar-refractivity contribution < 1.29 is 0 Å². The van der Waals surface area contributed by atoms with E-state index >= 15 is 0 Å². The van der Waals surface area contributed by atoms with Crippen molar-refractivity contribution >= 4 is 28.1 Å². The number of pyridine rings is 1. The van der Waals surface area contributed by atoms with Crippen molar-refractivity contribution in [3.05, 3.63) is 53.6 Å². The van der Waals surface area contributed by atoms with Crippen LogP contribution in [0.1, 0.15) is 17.0 Å². The van der Waals surface area contributed by atoms with Gasteiger partial charge in [-0.3, -0.25) is 4.57 Å². The van der Waals surface area contributed by atoms with Crippen LogP contribution in [0, 0.1) is 13.8 Å². The van der Waals surface area contributed by atoms with Crippen LogP contribution in [0.15, 0.2) is 36.7 Å². The Balaban J connectivity index is 2.35. The lowest BCUT2D eigenvalue weighted by molar-refractivity contribution is 0.957. The van der Waals surface area contributed by atoms with Crippen LogP contribution in [-0.4, -0.2) is 19.5 Å². The normalized spacial score (nSPS) is 10.9. The van der Waals surface area contributed by atoms with E-state index in [1.807, 2.05) is 48.7 Å². The maximum absolute atomic E-state index is 5.86. The van der Waals surface area contributed by atoms with Crippen LogP contribution in [-0.2, 0) is 0 Å². The average molecular weight is 282 g/mol. The molecule has 0 bridgehead atoms. The minimum Gasteiger partial charge on any atom is -0.389 e. The van der Waals surface area contributed by atoms with Crippen LogP contribution in [0.5, 0.6) is 0 Å². The summed E-state index contributed by atoms with van der Waals surface area (Å²) in [5, 5.41) is 1.02. The fraction of sp³-hybridized carbons (Fsp3) is 0.133. The molecule has 0 aliphatic rings. The number of aryl methyl sites for hydroxylation is 1. The molecule has 2 aromatic heterocycles. The van der Waals surface area contributed by atoms with Gasteiger partial charge in [-0.15, -0.1) is 0 Å². The maximum Gasteiger partial charge on any atom is 0.149 e. The quantitative estimate of drug-likeness (QED) is 0.734. The largest absolute Gasteiger partial charge is 0.389 e. The van der Waals surface area contributed by atoms with Crippen molar-refractivity contribution in [1.82, 2.24) is 14.5 Å². The highest BCUT2D eigenvalue weighted by Crippen LogP contribution is 2.21. The number of nitrogens with zero attached hydrogens (tertiary/aromatic N) is 3. The number of fused-ring (bicyclic) bond motifs is 1. The van der Waals surface area contributed by atoms with Gasteiger partial charge in [-0.05, 0) is 26.0 Å². The zero-order valence-corrected chi connectivity index (χ0v) is 12.1. The van der Waals surface area contributed by atoms with Crippen molar-refractivity contribution in [3.63, 3.8) is 0 Å². The van der Waals surface area contributed by atoms with Gasteiger partial charge in [-0.25, -0.2) is 9.97 Å². The molecule has 0 saturated heterocycles. The van der Waals surface area contributed by atoms with Gasteiger partial charge < -0.3 is 5.73 Å². The first-order valence-corrected chi connectivity index (χ1v) is 6.69. The molecule has 0 aliphatic carbocycles. The van der Waals surface area contributed by atoms with E-state index in [4.69, 9.17) is 22.9 Å². The summed E-state index contributed by atoms with van der Waals surface area (Å²) in [4.78, 5) is 9.35. The average Bonchev–Trinajstić information content (AvgIpc) is 2.77. The highest BCUT2D eigenvalue weighted by molar-refractivity contribution is 7.80. The summed E-state index contributed by atoms with van der Waals surface area (Å²) in [6.45, 7) is 3.97. The Morgan fingerprint density at radius 1 is 1.25 bits per heavy atom. The maximum atomic E-state index is 5.86. The highest BCUT2D eigenvalue weighted by atomic mass is 32.1. The van der Waals surface area contributed by atoms with Gasteiger partial charge in [0.2, 0.25) is 0 Å². The summed E-state index contributed by atoms with van der Waals surface area (Å²) < 4.78 is 1.93. The molecule has 0 fully saturated rings. The van der Waals surface area contributed by atoms with Crippen LogP contribution < -0.4 is 5.73 Å². The van der Waals surface area contributed by atoms with E-state index in [0.717, 1.165) is 33.7 Å². The molecule has 1 aromatic carbocycles. The minimum absolute atomic E-state index is 0.337. The Labute approximate surface area is 122 Å². The van der Waals surface area contributed by atoms with Gasteiger partial charge in [0.25, 0.3) is 0 Å². The van der Waals surface area contributed by atoms with E-state index in [1.54, 1.807) is 6.33 Å². The van der Waals surface area contributed by atoms with E-state index < -0.39 is 0 Å². The second-order valence-electron chi connectivity index (χ2n) is 4.70. The van der Waals surface area contributed by atoms with E-state index in [-0.39, 0.29) is 0 Å². The molecule has 3 rings (SSSR count). The molecule has 5 heteroatoms. The first-order chi connectivity index (χ1) is 9.58. The summed E-state index contributed by atoms with van der Waals surface area (Å²) in [7, 11) is 0. The molecule has 4 nitrogen and oxygen atoms in total. The number of aromatic nitrogens is 3. The van der Waals surface area contributed by atoms with Crippen LogP contribution >= 0.6 is 12.2 Å². The van der Waals surface area contributed by atoms with Gasteiger partial charge >= 0.3 is 0 Å². The first-order valence-electron chi connectivity index (χ1n) is 6.28. The molecular weight excluding hydrogens is 268 g/mol. The number of thiocarbonyl (C=S) groups is 1. The Morgan fingerprint density at radius 2 is 2.00 bits per heavy atom. The monoisotopic (exact) mass is 282 g/mol. The fourth-order valence-corrected chi connectivity index (χ4v) is 2.33. The van der Waals surface area contributed by atoms with Crippen molar-refractivity contribution in [2.45, 2.75) is 13.8 Å². The molecule has 0 saturated carbocycles. The molecule has 2 N–H and O–H groups in total. The predicted octanol–water partition coefficient (Wildman–Crippen LogP) is 2.67. The lowest BCUT2D eigenvalue weighted by Crippen LogP contribution is -2.15. The van der Waals surface area contributed by atoms with Crippen molar-refractivity contribution in [2.75, 3.05) is 0 Å². The fourth-order valence-electron chi connectivity index (χ4n) is 2.18. The van der Waals surface area contributed by atoms with Crippen LogP contribution in [0.3, 0.4) is 0 Å². The van der Waals surface area contributed by atoms with Crippen molar-refractivity contribution in [2.24, 2.45) is 5.73 Å². The number of nitrogens with two attached hydrogens (primary N) is 1. The van der Waals surface area contributed by atoms with E-state index in [0.29, 0.717) is 4.99 Å². The van der Waals surface area contributed by atoms with E-state index in [2.05, 4.69) is 4.98 Å². The summed E-state index contributed by atoms with van der Waals surface area (Å²) in [6.07, 6.45) is 1.75. The standard InChI is InChI=1S/C15H14N4S/c1-9-10(2)19(8-17-9)15-12(14(16)20)7-11-5-3-4-6-13(11)18-15/h3-8H,1-2H3,(H2,16,20). The molecule has 100 valence electrons. The zero-order valence-electron chi connectivity index (χ0n) is 11.3. The van der Waals surface area contributed by atoms with Gasteiger partial charge in [0, 0.05) is 11.1 Å². The molecule has 2 heterocycles. The Morgan fingerprint density at radius 3 is 2.65 bits per heavy atom. The minimum atomic E-state index is 0.337. The highest BCUT2D eigenvalue weighted by Gasteiger charge is 2.13. The third-order valence-corrected chi connectivity index (χ3v) is 3.67. The SMILES string of the molecule is Cc1ncn(-c2nc3ccccc3cc2C(N)=S)c1C. The lowest BCUT2D eigenvalue weighted by Gasteiger charge is -2.11. The number of para-hydroxylation sites is 1. The third kappa shape index (κ3) is 1.96. The van der Waals surface area contributed by atoms with Gasteiger partial charge in [0.05, 0.1) is 16.8 Å². The topological polar surface area (TPSA) is 56.7 Å². The molecule has 0 radical (unpaired) electrons. The summed E-state index contributed by atoms with van der Waals surface area (Å²) in [5.74, 6) is 0.731. The number of hydrogen-bond acceptors (Lipinski definition) is 3. The summed E-state index contributed by atoms with van der Waals surface area (Å²) in [6, 6.07) is 9.89. The Bertz CT molecular complexity index is 820. The number of rotatable bonds is 2. The molecule has 20 heavy (non-hydrogen) atoms. The Hall–Kier alpha value is -2.27. The Kier molecular flexibility index (Phi) is 2.99. The third-order valence-electron chi connectivity index (χ3n) is 3.45. The number of benzene rings is 1. The molecule has 0 unspecified atom stereocenters. The second kappa shape index (κ2) is 4.68. The van der Waals surface area contributed by atoms with E-state index in [9.17, 15) is 0 Å². The first kappa shape index (κ1) is 12.7. The van der Waals surface area contributed by atoms with Crippen LogP contribution in [0.4, 0.5) is 0 Å². The summed E-state index contributed by atoms with van der Waals surface area (Å²) in [5.41, 5.74) is 9.53. The predicted molar refractivity (Wildman–Crippen MR) is 84.2 cm³/mol. The van der Waals surface area contributed by atoms with Crippen LogP contribution in [0.2, 0.25) is 0 Å². The molecular formula is C15H14N4S. The molecule has 0 aliphatic heterocycles. The lowest BCUT2D eigenvalue weighted by atomic mass is 10.1. The molecule has 0 spiro atoms. The van der Waals surface area contributed by atoms with Crippen LogP contribution in [0.25, 0.3) is 16.7 Å². The zero-order chi connectivity index (χ0) is 14.3. The second-order valence-corrected chi connectivity index (χ2v) is 5.14. The van der Waals surface area contributed by atoms with E-state index in [1.165, 1.54) is 0 Å². The molecule has 0 amide bonds.